The number of halogens is 1. The zero-order valence-electron chi connectivity index (χ0n) is 11.8. The highest BCUT2D eigenvalue weighted by Crippen LogP contribution is 2.51. The Morgan fingerprint density at radius 1 is 1.40 bits per heavy atom. The van der Waals surface area contributed by atoms with Crippen molar-refractivity contribution in [2.45, 2.75) is 25.0 Å². The van der Waals surface area contributed by atoms with Gasteiger partial charge in [-0.1, -0.05) is 0 Å². The first-order valence-corrected chi connectivity index (χ1v) is 7.71. The molecule has 1 aliphatic carbocycles. The first-order chi connectivity index (χ1) is 9.58. The third-order valence-corrected chi connectivity index (χ3v) is 4.94. The molecule has 1 fully saturated rings. The highest BCUT2D eigenvalue weighted by molar-refractivity contribution is 7.98. The molecule has 0 bridgehead atoms. The van der Waals surface area contributed by atoms with Crippen LogP contribution in [0.4, 0.5) is 4.39 Å². The molecule has 3 nitrogen and oxygen atoms in total. The van der Waals surface area contributed by atoms with Crippen molar-refractivity contribution < 1.29 is 18.7 Å². The first kappa shape index (κ1) is 15.2. The van der Waals surface area contributed by atoms with Crippen molar-refractivity contribution >= 4 is 17.7 Å². The molecule has 0 aromatic heterocycles. The number of esters is 1. The summed E-state index contributed by atoms with van der Waals surface area (Å²) in [4.78, 5) is 11.3. The minimum Gasteiger partial charge on any atom is -0.496 e. The Labute approximate surface area is 122 Å². The zero-order chi connectivity index (χ0) is 14.6. The summed E-state index contributed by atoms with van der Waals surface area (Å²) >= 11 is 1.71. The van der Waals surface area contributed by atoms with Crippen LogP contribution in [0.2, 0.25) is 0 Å². The summed E-state index contributed by atoms with van der Waals surface area (Å²) in [5, 5.41) is 0. The number of carbonyl (C=O) groups excluding carboxylic acids is 1. The molecule has 1 aliphatic rings. The fourth-order valence-electron chi connectivity index (χ4n) is 2.16. The smallest absolute Gasteiger partial charge is 0.306 e. The van der Waals surface area contributed by atoms with E-state index in [0.29, 0.717) is 17.9 Å². The molecule has 110 valence electrons. The van der Waals surface area contributed by atoms with Gasteiger partial charge < -0.3 is 9.47 Å². The molecule has 1 aromatic carbocycles. The summed E-state index contributed by atoms with van der Waals surface area (Å²) in [5.41, 5.74) is 0.949. The number of ether oxygens (including phenoxy) is 2. The van der Waals surface area contributed by atoms with Gasteiger partial charge in [0.15, 0.2) is 0 Å². The molecular weight excluding hydrogens is 279 g/mol. The Morgan fingerprint density at radius 3 is 2.75 bits per heavy atom. The van der Waals surface area contributed by atoms with Crippen LogP contribution >= 0.6 is 11.8 Å². The van der Waals surface area contributed by atoms with Crippen LogP contribution in [0.15, 0.2) is 18.2 Å². The van der Waals surface area contributed by atoms with Crippen LogP contribution in [0.5, 0.6) is 5.75 Å². The van der Waals surface area contributed by atoms with E-state index < -0.39 is 0 Å². The van der Waals surface area contributed by atoms with Crippen molar-refractivity contribution in [2.24, 2.45) is 5.41 Å². The van der Waals surface area contributed by atoms with Gasteiger partial charge in [-0.15, -0.1) is 0 Å². The van der Waals surface area contributed by atoms with Gasteiger partial charge in [0, 0.05) is 11.3 Å². The van der Waals surface area contributed by atoms with E-state index in [1.807, 2.05) is 0 Å². The minimum atomic E-state index is -0.253. The fraction of sp³-hybridized carbons (Fsp3) is 0.533. The van der Waals surface area contributed by atoms with Crippen molar-refractivity contribution in [3.63, 3.8) is 0 Å². The van der Waals surface area contributed by atoms with Crippen LogP contribution < -0.4 is 4.74 Å². The second-order valence-electron chi connectivity index (χ2n) is 5.20. The summed E-state index contributed by atoms with van der Waals surface area (Å²) in [5.74, 6) is 1.88. The lowest BCUT2D eigenvalue weighted by atomic mass is 10.1. The maximum Gasteiger partial charge on any atom is 0.306 e. The van der Waals surface area contributed by atoms with E-state index in [9.17, 15) is 9.18 Å². The van der Waals surface area contributed by atoms with Crippen LogP contribution in [0.25, 0.3) is 0 Å². The molecule has 2 rings (SSSR count). The SMILES string of the molecule is COC(=O)CC1(CSCc2cc(F)ccc2OC)CC1. The second kappa shape index (κ2) is 6.48. The number of rotatable bonds is 7. The Balaban J connectivity index is 1.87. The van der Waals surface area contributed by atoms with Gasteiger partial charge in [0.2, 0.25) is 0 Å². The third kappa shape index (κ3) is 3.88. The Hall–Kier alpha value is -1.23. The molecule has 0 spiro atoms. The van der Waals surface area contributed by atoms with Crippen molar-refractivity contribution in [2.75, 3.05) is 20.0 Å². The standard InChI is InChI=1S/C15H19FO3S/c1-18-13-4-3-12(16)7-11(13)9-20-10-15(5-6-15)8-14(17)19-2/h3-4,7H,5-6,8-10H2,1-2H3. The molecule has 0 amide bonds. The molecule has 0 N–H and O–H groups in total. The van der Waals surface area contributed by atoms with Crippen LogP contribution in [0.3, 0.4) is 0 Å². The average molecular weight is 298 g/mol. The molecule has 1 aromatic rings. The maximum atomic E-state index is 13.2. The first-order valence-electron chi connectivity index (χ1n) is 6.55. The quantitative estimate of drug-likeness (QED) is 0.723. The Morgan fingerprint density at radius 2 is 2.15 bits per heavy atom. The normalized spacial score (nSPS) is 15.8. The van der Waals surface area contributed by atoms with Gasteiger partial charge in [0.25, 0.3) is 0 Å². The Kier molecular flexibility index (Phi) is 4.91. The lowest BCUT2D eigenvalue weighted by Crippen LogP contribution is -2.13. The minimum absolute atomic E-state index is 0.0956. The van der Waals surface area contributed by atoms with Gasteiger partial charge in [-0.05, 0) is 42.2 Å². The van der Waals surface area contributed by atoms with Crippen molar-refractivity contribution in [3.05, 3.63) is 29.6 Å². The maximum absolute atomic E-state index is 13.2. The Bertz CT molecular complexity index is 486. The van der Waals surface area contributed by atoms with Gasteiger partial charge in [0.05, 0.1) is 20.6 Å². The number of methoxy groups -OCH3 is 2. The number of benzene rings is 1. The predicted molar refractivity (Wildman–Crippen MR) is 77.4 cm³/mol. The highest BCUT2D eigenvalue weighted by atomic mass is 32.2. The van der Waals surface area contributed by atoms with E-state index in [0.717, 1.165) is 24.2 Å². The lowest BCUT2D eigenvalue weighted by Gasteiger charge is -2.14. The molecule has 0 unspecified atom stereocenters. The summed E-state index contributed by atoms with van der Waals surface area (Å²) < 4.78 is 23.2. The number of hydrogen-bond acceptors (Lipinski definition) is 4. The number of hydrogen-bond donors (Lipinski definition) is 0. The summed E-state index contributed by atoms with van der Waals surface area (Å²) in [7, 11) is 3.00. The molecule has 0 atom stereocenters. The van der Waals surface area contributed by atoms with Crippen LogP contribution in [0.1, 0.15) is 24.8 Å². The monoisotopic (exact) mass is 298 g/mol. The average Bonchev–Trinajstić information content (AvgIpc) is 3.18. The largest absolute Gasteiger partial charge is 0.496 e. The van der Waals surface area contributed by atoms with E-state index in [4.69, 9.17) is 9.47 Å². The van der Waals surface area contributed by atoms with E-state index in [-0.39, 0.29) is 17.2 Å². The van der Waals surface area contributed by atoms with E-state index in [1.54, 1.807) is 24.9 Å². The molecule has 1 saturated carbocycles. The van der Waals surface area contributed by atoms with Crippen molar-refractivity contribution in [1.29, 1.82) is 0 Å². The van der Waals surface area contributed by atoms with Gasteiger partial charge in [-0.3, -0.25) is 4.79 Å². The van der Waals surface area contributed by atoms with Crippen LogP contribution in [0, 0.1) is 11.2 Å². The highest BCUT2D eigenvalue weighted by Gasteiger charge is 2.44. The molecular formula is C15H19FO3S. The third-order valence-electron chi connectivity index (χ3n) is 3.61. The van der Waals surface area contributed by atoms with E-state index >= 15 is 0 Å². The fourth-order valence-corrected chi connectivity index (χ4v) is 3.54. The number of thioether (sulfide) groups is 1. The van der Waals surface area contributed by atoms with Crippen LogP contribution in [-0.2, 0) is 15.3 Å². The van der Waals surface area contributed by atoms with E-state index in [2.05, 4.69) is 0 Å². The lowest BCUT2D eigenvalue weighted by molar-refractivity contribution is -0.141. The molecule has 20 heavy (non-hydrogen) atoms. The number of carbonyl (C=O) groups is 1. The summed E-state index contributed by atoms with van der Waals surface area (Å²) in [6.07, 6.45) is 2.61. The van der Waals surface area contributed by atoms with E-state index in [1.165, 1.54) is 19.2 Å². The summed E-state index contributed by atoms with van der Waals surface area (Å²) in [6.45, 7) is 0. The van der Waals surface area contributed by atoms with Crippen LogP contribution in [-0.4, -0.2) is 25.9 Å². The van der Waals surface area contributed by atoms with Gasteiger partial charge in [-0.2, -0.15) is 11.8 Å². The second-order valence-corrected chi connectivity index (χ2v) is 6.19. The van der Waals surface area contributed by atoms with Crippen molar-refractivity contribution in [1.82, 2.24) is 0 Å². The molecule has 0 radical (unpaired) electrons. The van der Waals surface area contributed by atoms with Crippen molar-refractivity contribution in [3.8, 4) is 5.75 Å². The van der Waals surface area contributed by atoms with Gasteiger partial charge >= 0.3 is 5.97 Å². The summed E-state index contributed by atoms with van der Waals surface area (Å²) in [6, 6.07) is 4.55. The van der Waals surface area contributed by atoms with Gasteiger partial charge in [-0.25, -0.2) is 4.39 Å². The molecule has 0 heterocycles. The topological polar surface area (TPSA) is 35.5 Å². The van der Waals surface area contributed by atoms with Gasteiger partial charge in [0.1, 0.15) is 11.6 Å². The predicted octanol–water partition coefficient (Wildman–Crippen LogP) is 3.41. The molecule has 0 saturated heterocycles. The molecule has 0 aliphatic heterocycles. The zero-order valence-corrected chi connectivity index (χ0v) is 12.6. The molecule has 5 heteroatoms.